The minimum atomic E-state index is -0.207. The molecule has 1 amide bonds. The fourth-order valence-electron chi connectivity index (χ4n) is 2.18. The molecule has 0 saturated carbocycles. The molecule has 0 heterocycles. The van der Waals surface area contributed by atoms with E-state index in [-0.39, 0.29) is 17.4 Å². The lowest BCUT2D eigenvalue weighted by Crippen LogP contribution is -2.47. The summed E-state index contributed by atoms with van der Waals surface area (Å²) < 4.78 is 0. The third-order valence-electron chi connectivity index (χ3n) is 3.78. The van der Waals surface area contributed by atoms with Crippen LogP contribution in [0.5, 0.6) is 0 Å². The largest absolute Gasteiger partial charge is 0.350 e. The van der Waals surface area contributed by atoms with E-state index in [1.165, 1.54) is 0 Å². The molecule has 19 heavy (non-hydrogen) atoms. The summed E-state index contributed by atoms with van der Waals surface area (Å²) in [7, 11) is 0. The van der Waals surface area contributed by atoms with Gasteiger partial charge in [-0.15, -0.1) is 11.6 Å². The quantitative estimate of drug-likeness (QED) is 0.749. The average molecular weight is 282 g/mol. The Morgan fingerprint density at radius 3 is 2.42 bits per heavy atom. The molecule has 0 fully saturated rings. The zero-order chi connectivity index (χ0) is 14.3. The molecular formula is C16H24ClNO. The first-order valence-electron chi connectivity index (χ1n) is 6.99. The Balaban J connectivity index is 2.80. The second kappa shape index (κ2) is 7.54. The van der Waals surface area contributed by atoms with E-state index < -0.39 is 0 Å². The van der Waals surface area contributed by atoms with Crippen molar-refractivity contribution in [1.82, 2.24) is 5.32 Å². The van der Waals surface area contributed by atoms with E-state index in [0.29, 0.717) is 5.88 Å². The molecule has 1 rings (SSSR count). The maximum Gasteiger partial charge on any atom is 0.227 e. The normalized spacial score (nSPS) is 15.6. The fourth-order valence-corrected chi connectivity index (χ4v) is 2.60. The zero-order valence-electron chi connectivity index (χ0n) is 12.1. The molecule has 2 nitrogen and oxygen atoms in total. The van der Waals surface area contributed by atoms with E-state index in [0.717, 1.165) is 24.8 Å². The molecule has 0 aliphatic rings. The van der Waals surface area contributed by atoms with Crippen LogP contribution in [0.3, 0.4) is 0 Å². The Morgan fingerprint density at radius 2 is 1.95 bits per heavy atom. The number of rotatable bonds is 7. The Morgan fingerprint density at radius 1 is 1.32 bits per heavy atom. The summed E-state index contributed by atoms with van der Waals surface area (Å²) in [5.41, 5.74) is 0.868. The molecule has 0 aliphatic heterocycles. The number of nitrogens with one attached hydrogen (secondary N) is 1. The number of carbonyl (C=O) groups excluding carboxylic acids is 1. The van der Waals surface area contributed by atoms with E-state index in [1.807, 2.05) is 37.3 Å². The van der Waals surface area contributed by atoms with Crippen molar-refractivity contribution in [3.8, 4) is 0 Å². The highest BCUT2D eigenvalue weighted by atomic mass is 35.5. The summed E-state index contributed by atoms with van der Waals surface area (Å²) in [4.78, 5) is 12.5. The smallest absolute Gasteiger partial charge is 0.227 e. The molecule has 3 heteroatoms. The summed E-state index contributed by atoms with van der Waals surface area (Å²) in [6.07, 6.45) is 2.48. The van der Waals surface area contributed by atoms with Gasteiger partial charge in [0.05, 0.1) is 5.92 Å². The van der Waals surface area contributed by atoms with Crippen molar-refractivity contribution in [1.29, 1.82) is 0 Å². The lowest BCUT2D eigenvalue weighted by atomic mass is 9.91. The molecule has 0 aromatic heterocycles. The van der Waals surface area contributed by atoms with Gasteiger partial charge in [-0.3, -0.25) is 4.79 Å². The van der Waals surface area contributed by atoms with Crippen molar-refractivity contribution in [2.24, 2.45) is 0 Å². The molecule has 0 aliphatic carbocycles. The Labute approximate surface area is 121 Å². The lowest BCUT2D eigenvalue weighted by Gasteiger charge is -2.31. The Bertz CT molecular complexity index is 393. The summed E-state index contributed by atoms with van der Waals surface area (Å²) in [5.74, 6) is 0.581. The predicted octanol–water partition coefficient (Wildman–Crippen LogP) is 4.09. The molecule has 106 valence electrons. The minimum Gasteiger partial charge on any atom is -0.350 e. The van der Waals surface area contributed by atoms with Gasteiger partial charge in [-0.2, -0.15) is 0 Å². The molecule has 0 radical (unpaired) electrons. The molecular weight excluding hydrogens is 258 g/mol. The predicted molar refractivity (Wildman–Crippen MR) is 81.6 cm³/mol. The second-order valence-corrected chi connectivity index (χ2v) is 5.59. The van der Waals surface area contributed by atoms with Crippen LogP contribution < -0.4 is 5.32 Å². The number of benzene rings is 1. The van der Waals surface area contributed by atoms with Crippen molar-refractivity contribution in [2.45, 2.75) is 51.5 Å². The van der Waals surface area contributed by atoms with Gasteiger partial charge in [0.2, 0.25) is 5.91 Å². The molecule has 0 bridgehead atoms. The van der Waals surface area contributed by atoms with E-state index in [4.69, 9.17) is 11.6 Å². The number of halogens is 1. The third kappa shape index (κ3) is 4.54. The van der Waals surface area contributed by atoms with Crippen LogP contribution in [0.15, 0.2) is 30.3 Å². The highest BCUT2D eigenvalue weighted by Crippen LogP contribution is 2.22. The zero-order valence-corrected chi connectivity index (χ0v) is 12.8. The van der Waals surface area contributed by atoms with Crippen molar-refractivity contribution in [2.75, 3.05) is 5.88 Å². The molecule has 0 saturated heterocycles. The lowest BCUT2D eigenvalue weighted by molar-refractivity contribution is -0.124. The SMILES string of the molecule is CCC(C(=O)NC(C)(CC)CCCl)c1ccccc1. The van der Waals surface area contributed by atoms with Gasteiger partial charge in [-0.25, -0.2) is 0 Å². The van der Waals surface area contributed by atoms with Gasteiger partial charge in [0, 0.05) is 11.4 Å². The van der Waals surface area contributed by atoms with E-state index in [2.05, 4.69) is 19.2 Å². The first-order valence-corrected chi connectivity index (χ1v) is 7.52. The van der Waals surface area contributed by atoms with Crippen molar-refractivity contribution in [3.05, 3.63) is 35.9 Å². The summed E-state index contributed by atoms with van der Waals surface area (Å²) in [5, 5.41) is 3.17. The highest BCUT2D eigenvalue weighted by Gasteiger charge is 2.27. The van der Waals surface area contributed by atoms with E-state index >= 15 is 0 Å². The van der Waals surface area contributed by atoms with Crippen LogP contribution in [0.2, 0.25) is 0 Å². The minimum absolute atomic E-state index is 0.0811. The van der Waals surface area contributed by atoms with Crippen molar-refractivity contribution in [3.63, 3.8) is 0 Å². The van der Waals surface area contributed by atoms with Crippen molar-refractivity contribution >= 4 is 17.5 Å². The Kier molecular flexibility index (Phi) is 6.36. The molecule has 2 atom stereocenters. The van der Waals surface area contributed by atoms with Crippen molar-refractivity contribution < 1.29 is 4.79 Å². The van der Waals surface area contributed by atoms with Crippen LogP contribution in [0.25, 0.3) is 0 Å². The monoisotopic (exact) mass is 281 g/mol. The summed E-state index contributed by atoms with van der Waals surface area (Å²) in [6, 6.07) is 9.95. The van der Waals surface area contributed by atoms with Gasteiger partial charge >= 0.3 is 0 Å². The van der Waals surface area contributed by atoms with Gasteiger partial charge in [0.15, 0.2) is 0 Å². The molecule has 2 unspecified atom stereocenters. The highest BCUT2D eigenvalue weighted by molar-refractivity contribution is 6.17. The third-order valence-corrected chi connectivity index (χ3v) is 3.97. The maximum atomic E-state index is 12.5. The van der Waals surface area contributed by atoms with E-state index in [9.17, 15) is 4.79 Å². The van der Waals surface area contributed by atoms with Gasteiger partial charge < -0.3 is 5.32 Å². The summed E-state index contributed by atoms with van der Waals surface area (Å²) in [6.45, 7) is 6.18. The van der Waals surface area contributed by atoms with Crippen LogP contribution in [-0.4, -0.2) is 17.3 Å². The van der Waals surface area contributed by atoms with Gasteiger partial charge in [0.1, 0.15) is 0 Å². The van der Waals surface area contributed by atoms with Crippen LogP contribution >= 0.6 is 11.6 Å². The average Bonchev–Trinajstić information content (AvgIpc) is 2.41. The first kappa shape index (κ1) is 16.0. The number of amides is 1. The number of alkyl halides is 1. The van der Waals surface area contributed by atoms with Crippen LogP contribution in [0.1, 0.15) is 51.5 Å². The molecule has 1 aromatic rings. The number of hydrogen-bond donors (Lipinski definition) is 1. The summed E-state index contributed by atoms with van der Waals surface area (Å²) >= 11 is 5.83. The standard InChI is InChI=1S/C16H24ClNO/c1-4-14(13-9-7-6-8-10-13)15(19)18-16(3,5-2)11-12-17/h6-10,14H,4-5,11-12H2,1-3H3,(H,18,19). The van der Waals surface area contributed by atoms with E-state index in [1.54, 1.807) is 0 Å². The van der Waals surface area contributed by atoms with Gasteiger partial charge in [-0.05, 0) is 31.7 Å². The topological polar surface area (TPSA) is 29.1 Å². The second-order valence-electron chi connectivity index (χ2n) is 5.21. The van der Waals surface area contributed by atoms with Crippen LogP contribution in [0.4, 0.5) is 0 Å². The van der Waals surface area contributed by atoms with Crippen LogP contribution in [0, 0.1) is 0 Å². The van der Waals surface area contributed by atoms with Crippen LogP contribution in [-0.2, 0) is 4.79 Å². The molecule has 1 aromatic carbocycles. The Hall–Kier alpha value is -1.02. The molecule has 0 spiro atoms. The number of hydrogen-bond acceptors (Lipinski definition) is 1. The number of carbonyl (C=O) groups is 1. The van der Waals surface area contributed by atoms with Gasteiger partial charge in [0.25, 0.3) is 0 Å². The fraction of sp³-hybridized carbons (Fsp3) is 0.562. The maximum absolute atomic E-state index is 12.5. The van der Waals surface area contributed by atoms with Gasteiger partial charge in [-0.1, -0.05) is 44.2 Å². The molecule has 1 N–H and O–H groups in total. The first-order chi connectivity index (χ1) is 9.06.